The number of esters is 2. The Morgan fingerprint density at radius 3 is 2.38 bits per heavy atom. The van der Waals surface area contributed by atoms with E-state index in [1.807, 2.05) is 0 Å². The summed E-state index contributed by atoms with van der Waals surface area (Å²) in [6, 6.07) is 0. The zero-order valence-electron chi connectivity index (χ0n) is 13.9. The Kier molecular flexibility index (Phi) is 6.91. The van der Waals surface area contributed by atoms with Gasteiger partial charge in [-0.25, -0.2) is 9.59 Å². The summed E-state index contributed by atoms with van der Waals surface area (Å²) >= 11 is 0. The molecule has 8 heteroatoms. The van der Waals surface area contributed by atoms with Crippen LogP contribution in [0.5, 0.6) is 0 Å². The number of aryl methyl sites for hydroxylation is 1. The monoisotopic (exact) mass is 337 g/mol. The molecular weight excluding hydrogens is 318 g/mol. The summed E-state index contributed by atoms with van der Waals surface area (Å²) in [7, 11) is 0. The highest BCUT2D eigenvalue weighted by atomic mass is 16.5. The molecule has 0 radical (unpaired) electrons. The molecule has 1 aromatic heterocycles. The number of nitrogens with one attached hydrogen (secondary N) is 1. The number of amides is 1. The molecule has 1 rings (SSSR count). The molecular formula is C16H19NO7. The second kappa shape index (κ2) is 8.66. The standard InChI is InChI=1S/C16H19NO7/c1-5-7-12(20)23-8-11(19)17-15-14(16(21)22-6-2)13(9(3)18)10(4)24-15/h5,7H,6,8H2,1-4H3,(H,17,19). The highest BCUT2D eigenvalue weighted by Crippen LogP contribution is 2.28. The van der Waals surface area contributed by atoms with E-state index in [2.05, 4.69) is 10.1 Å². The van der Waals surface area contributed by atoms with Gasteiger partial charge in [-0.3, -0.25) is 14.9 Å². The molecule has 1 amide bonds. The van der Waals surface area contributed by atoms with Crippen molar-refractivity contribution in [1.29, 1.82) is 0 Å². The summed E-state index contributed by atoms with van der Waals surface area (Å²) in [6.07, 6.45) is 2.62. The number of hydrogen-bond acceptors (Lipinski definition) is 7. The quantitative estimate of drug-likeness (QED) is 0.460. The third kappa shape index (κ3) is 4.80. The van der Waals surface area contributed by atoms with Crippen molar-refractivity contribution in [2.75, 3.05) is 18.5 Å². The predicted octanol–water partition coefficient (Wildman–Crippen LogP) is 2.03. The van der Waals surface area contributed by atoms with E-state index in [1.165, 1.54) is 19.9 Å². The van der Waals surface area contributed by atoms with Gasteiger partial charge in [0.1, 0.15) is 11.3 Å². The van der Waals surface area contributed by atoms with E-state index in [0.29, 0.717) is 0 Å². The number of rotatable bonds is 7. The molecule has 0 aliphatic heterocycles. The summed E-state index contributed by atoms with van der Waals surface area (Å²) in [4.78, 5) is 46.8. The van der Waals surface area contributed by atoms with Gasteiger partial charge in [0.25, 0.3) is 5.91 Å². The van der Waals surface area contributed by atoms with Gasteiger partial charge in [-0.1, -0.05) is 6.08 Å². The first kappa shape index (κ1) is 19.1. The van der Waals surface area contributed by atoms with E-state index < -0.39 is 30.2 Å². The number of ketones is 1. The molecule has 0 saturated heterocycles. The normalized spacial score (nSPS) is 10.5. The molecule has 0 atom stereocenters. The van der Waals surface area contributed by atoms with Crippen LogP contribution in [0.1, 0.15) is 47.2 Å². The summed E-state index contributed by atoms with van der Waals surface area (Å²) in [6.45, 7) is 5.51. The number of allylic oxidation sites excluding steroid dienone is 1. The lowest BCUT2D eigenvalue weighted by Crippen LogP contribution is -2.21. The van der Waals surface area contributed by atoms with Gasteiger partial charge >= 0.3 is 11.9 Å². The van der Waals surface area contributed by atoms with Gasteiger partial charge in [0.15, 0.2) is 12.4 Å². The van der Waals surface area contributed by atoms with Crippen molar-refractivity contribution in [2.24, 2.45) is 0 Å². The number of carbonyl (C=O) groups is 4. The van der Waals surface area contributed by atoms with Gasteiger partial charge in [-0.05, 0) is 27.7 Å². The maximum absolute atomic E-state index is 12.1. The number of ether oxygens (including phenoxy) is 2. The molecule has 0 aliphatic carbocycles. The van der Waals surface area contributed by atoms with Crippen molar-refractivity contribution in [3.63, 3.8) is 0 Å². The number of carbonyl (C=O) groups excluding carboxylic acids is 4. The maximum Gasteiger partial charge on any atom is 0.344 e. The fourth-order valence-corrected chi connectivity index (χ4v) is 1.94. The second-order valence-electron chi connectivity index (χ2n) is 4.67. The molecule has 0 fully saturated rings. The average molecular weight is 337 g/mol. The van der Waals surface area contributed by atoms with Crippen LogP contribution in [0.4, 0.5) is 5.88 Å². The van der Waals surface area contributed by atoms with Gasteiger partial charge in [-0.2, -0.15) is 0 Å². The van der Waals surface area contributed by atoms with Gasteiger partial charge in [0, 0.05) is 6.08 Å². The highest BCUT2D eigenvalue weighted by Gasteiger charge is 2.28. The van der Waals surface area contributed by atoms with E-state index in [1.54, 1.807) is 13.8 Å². The zero-order chi connectivity index (χ0) is 18.3. The second-order valence-corrected chi connectivity index (χ2v) is 4.67. The molecule has 0 aromatic carbocycles. The molecule has 0 aliphatic rings. The van der Waals surface area contributed by atoms with Gasteiger partial charge < -0.3 is 13.9 Å². The molecule has 1 heterocycles. The summed E-state index contributed by atoms with van der Waals surface area (Å²) in [5.41, 5.74) is -0.121. The molecule has 0 bridgehead atoms. The van der Waals surface area contributed by atoms with Crippen LogP contribution in [0.25, 0.3) is 0 Å². The van der Waals surface area contributed by atoms with Crippen LogP contribution in [-0.4, -0.2) is 36.8 Å². The Morgan fingerprint density at radius 2 is 1.83 bits per heavy atom. The van der Waals surface area contributed by atoms with Crippen LogP contribution in [0, 0.1) is 6.92 Å². The summed E-state index contributed by atoms with van der Waals surface area (Å²) < 4.78 is 14.9. The lowest BCUT2D eigenvalue weighted by Gasteiger charge is -2.06. The van der Waals surface area contributed by atoms with Crippen LogP contribution in [-0.2, 0) is 19.1 Å². The van der Waals surface area contributed by atoms with Crippen LogP contribution in [0.2, 0.25) is 0 Å². The molecule has 0 unspecified atom stereocenters. The van der Waals surface area contributed by atoms with Crippen molar-refractivity contribution in [3.05, 3.63) is 29.0 Å². The summed E-state index contributed by atoms with van der Waals surface area (Å²) in [5.74, 6) is -2.64. The SMILES string of the molecule is CC=CC(=O)OCC(=O)Nc1oc(C)c(C(C)=O)c1C(=O)OCC. The van der Waals surface area contributed by atoms with Gasteiger partial charge in [0.2, 0.25) is 5.88 Å². The van der Waals surface area contributed by atoms with Crippen molar-refractivity contribution >= 4 is 29.5 Å². The van der Waals surface area contributed by atoms with Crippen molar-refractivity contribution in [2.45, 2.75) is 27.7 Å². The Morgan fingerprint density at radius 1 is 1.17 bits per heavy atom. The molecule has 24 heavy (non-hydrogen) atoms. The number of hydrogen-bond donors (Lipinski definition) is 1. The number of furan rings is 1. The Hall–Kier alpha value is -2.90. The van der Waals surface area contributed by atoms with Crippen LogP contribution in [0.3, 0.4) is 0 Å². The fraction of sp³-hybridized carbons (Fsp3) is 0.375. The maximum atomic E-state index is 12.1. The number of Topliss-reactive ketones (excluding diaryl/α,β-unsaturated/α-hetero) is 1. The molecule has 1 N–H and O–H groups in total. The molecule has 0 spiro atoms. The van der Waals surface area contributed by atoms with Gasteiger partial charge in [-0.15, -0.1) is 0 Å². The first-order valence-corrected chi connectivity index (χ1v) is 7.22. The van der Waals surface area contributed by atoms with E-state index in [0.717, 1.165) is 6.08 Å². The van der Waals surface area contributed by atoms with Crippen molar-refractivity contribution in [1.82, 2.24) is 0 Å². The molecule has 8 nitrogen and oxygen atoms in total. The Bertz CT molecular complexity index is 685. The Labute approximate surface area is 138 Å². The van der Waals surface area contributed by atoms with Gasteiger partial charge in [0.05, 0.1) is 12.2 Å². The molecule has 130 valence electrons. The molecule has 0 saturated carbocycles. The minimum absolute atomic E-state index is 0.0367. The smallest absolute Gasteiger partial charge is 0.344 e. The van der Waals surface area contributed by atoms with Crippen LogP contribution < -0.4 is 5.32 Å². The Balaban J connectivity index is 3.00. The molecule has 1 aromatic rings. The van der Waals surface area contributed by atoms with E-state index in [4.69, 9.17) is 9.15 Å². The third-order valence-corrected chi connectivity index (χ3v) is 2.82. The van der Waals surface area contributed by atoms with Crippen molar-refractivity contribution < 1.29 is 33.1 Å². The van der Waals surface area contributed by atoms with E-state index in [9.17, 15) is 19.2 Å². The first-order chi connectivity index (χ1) is 11.3. The predicted molar refractivity (Wildman–Crippen MR) is 83.8 cm³/mol. The van der Waals surface area contributed by atoms with Crippen molar-refractivity contribution in [3.8, 4) is 0 Å². The van der Waals surface area contributed by atoms with E-state index >= 15 is 0 Å². The van der Waals surface area contributed by atoms with Crippen LogP contribution in [0.15, 0.2) is 16.6 Å². The third-order valence-electron chi connectivity index (χ3n) is 2.82. The van der Waals surface area contributed by atoms with E-state index in [-0.39, 0.29) is 29.4 Å². The summed E-state index contributed by atoms with van der Waals surface area (Å²) in [5, 5.41) is 2.30. The number of anilines is 1. The lowest BCUT2D eigenvalue weighted by molar-refractivity contribution is -0.142. The lowest BCUT2D eigenvalue weighted by atomic mass is 10.1. The topological polar surface area (TPSA) is 112 Å². The van der Waals surface area contributed by atoms with Crippen LogP contribution >= 0.6 is 0 Å². The average Bonchev–Trinajstić information content (AvgIpc) is 2.82. The fourth-order valence-electron chi connectivity index (χ4n) is 1.94. The highest BCUT2D eigenvalue weighted by molar-refractivity contribution is 6.10. The minimum atomic E-state index is -0.791. The first-order valence-electron chi connectivity index (χ1n) is 7.22. The largest absolute Gasteiger partial charge is 0.462 e. The zero-order valence-corrected chi connectivity index (χ0v) is 13.9. The minimum Gasteiger partial charge on any atom is -0.462 e.